The predicted octanol–water partition coefficient (Wildman–Crippen LogP) is 2.64. The van der Waals surface area contributed by atoms with Crippen LogP contribution in [-0.4, -0.2) is 45.6 Å². The van der Waals surface area contributed by atoms with Crippen molar-refractivity contribution in [2.75, 3.05) is 20.8 Å². The molecule has 1 amide bonds. The number of hydrogen-bond acceptors (Lipinski definition) is 7. The summed E-state index contributed by atoms with van der Waals surface area (Å²) in [4.78, 5) is 12.4. The quantitative estimate of drug-likeness (QED) is 0.370. The lowest BCUT2D eigenvalue weighted by Gasteiger charge is -2.23. The zero-order valence-corrected chi connectivity index (χ0v) is 18.4. The van der Waals surface area contributed by atoms with E-state index < -0.39 is 22.5 Å². The summed E-state index contributed by atoms with van der Waals surface area (Å²) in [6.45, 7) is -0.494. The van der Waals surface area contributed by atoms with E-state index in [2.05, 4.69) is 10.5 Å². The van der Waals surface area contributed by atoms with Crippen LogP contribution in [0.15, 0.2) is 81.3 Å². The van der Waals surface area contributed by atoms with Crippen LogP contribution in [0.2, 0.25) is 0 Å². The summed E-state index contributed by atoms with van der Waals surface area (Å²) in [6, 6.07) is 16.8. The Morgan fingerprint density at radius 2 is 1.88 bits per heavy atom. The lowest BCUT2D eigenvalue weighted by Crippen LogP contribution is -2.39. The van der Waals surface area contributed by atoms with E-state index in [-0.39, 0.29) is 17.2 Å². The molecule has 3 aromatic rings. The third kappa shape index (κ3) is 5.74. The Kier molecular flexibility index (Phi) is 7.63. The molecular weight excluding hydrogens is 434 g/mol. The van der Waals surface area contributed by atoms with Crippen molar-refractivity contribution in [1.29, 1.82) is 0 Å². The zero-order chi connectivity index (χ0) is 23.0. The van der Waals surface area contributed by atoms with Gasteiger partial charge < -0.3 is 13.9 Å². The van der Waals surface area contributed by atoms with Gasteiger partial charge in [-0.05, 0) is 29.8 Å². The number of hydrazone groups is 1. The molecule has 0 bridgehead atoms. The van der Waals surface area contributed by atoms with Crippen LogP contribution in [-0.2, 0) is 21.4 Å². The van der Waals surface area contributed by atoms with Crippen LogP contribution in [0.3, 0.4) is 0 Å². The van der Waals surface area contributed by atoms with Gasteiger partial charge in [0.1, 0.15) is 22.2 Å². The highest BCUT2D eigenvalue weighted by molar-refractivity contribution is 7.89. The molecular formula is C22H23N3O6S. The van der Waals surface area contributed by atoms with Crippen LogP contribution < -0.4 is 14.9 Å². The summed E-state index contributed by atoms with van der Waals surface area (Å²) >= 11 is 0. The van der Waals surface area contributed by atoms with E-state index in [4.69, 9.17) is 13.9 Å². The lowest BCUT2D eigenvalue weighted by molar-refractivity contribution is -0.121. The fourth-order valence-electron chi connectivity index (χ4n) is 2.87. The van der Waals surface area contributed by atoms with E-state index in [1.807, 2.05) is 6.07 Å². The minimum absolute atomic E-state index is 0.0289. The van der Waals surface area contributed by atoms with Gasteiger partial charge in [0, 0.05) is 12.6 Å². The van der Waals surface area contributed by atoms with Crippen molar-refractivity contribution in [2.24, 2.45) is 5.10 Å². The first-order chi connectivity index (χ1) is 15.4. The van der Waals surface area contributed by atoms with Gasteiger partial charge in [-0.25, -0.2) is 13.8 Å². The normalized spacial score (nSPS) is 11.6. The number of furan rings is 1. The molecule has 32 heavy (non-hydrogen) atoms. The summed E-state index contributed by atoms with van der Waals surface area (Å²) in [5.74, 6) is 0.311. The van der Waals surface area contributed by atoms with Gasteiger partial charge in [-0.2, -0.15) is 9.41 Å². The predicted molar refractivity (Wildman–Crippen MR) is 118 cm³/mol. The van der Waals surface area contributed by atoms with E-state index in [9.17, 15) is 13.2 Å². The molecule has 1 N–H and O–H groups in total. The fourth-order valence-corrected chi connectivity index (χ4v) is 4.42. The van der Waals surface area contributed by atoms with Gasteiger partial charge in [-0.15, -0.1) is 0 Å². The van der Waals surface area contributed by atoms with E-state index in [0.717, 1.165) is 4.31 Å². The highest BCUT2D eigenvalue weighted by atomic mass is 32.2. The molecule has 0 saturated carbocycles. The third-order valence-corrected chi connectivity index (χ3v) is 6.25. The van der Waals surface area contributed by atoms with Crippen molar-refractivity contribution >= 4 is 22.1 Å². The van der Waals surface area contributed by atoms with E-state index in [0.29, 0.717) is 17.1 Å². The molecule has 0 fully saturated rings. The van der Waals surface area contributed by atoms with Crippen LogP contribution in [0.1, 0.15) is 11.3 Å². The molecule has 0 radical (unpaired) electrons. The molecule has 0 spiro atoms. The second-order valence-corrected chi connectivity index (χ2v) is 8.49. The van der Waals surface area contributed by atoms with Gasteiger partial charge in [0.25, 0.3) is 5.91 Å². The SMILES string of the molecule is COc1ccc(OC)c(S(=O)(=O)N(CC(=O)NN=Cc2ccco2)Cc2ccccc2)c1. The van der Waals surface area contributed by atoms with Crippen LogP contribution in [0.5, 0.6) is 11.5 Å². The van der Waals surface area contributed by atoms with E-state index in [1.54, 1.807) is 42.5 Å². The Morgan fingerprint density at radius 1 is 1.09 bits per heavy atom. The molecule has 0 unspecified atom stereocenters. The van der Waals surface area contributed by atoms with Crippen LogP contribution in [0, 0.1) is 0 Å². The van der Waals surface area contributed by atoms with Crippen molar-refractivity contribution in [1.82, 2.24) is 9.73 Å². The number of carbonyl (C=O) groups is 1. The lowest BCUT2D eigenvalue weighted by atomic mass is 10.2. The zero-order valence-electron chi connectivity index (χ0n) is 17.6. The molecule has 10 heteroatoms. The maximum atomic E-state index is 13.5. The van der Waals surface area contributed by atoms with Gasteiger partial charge in [0.2, 0.25) is 10.0 Å². The monoisotopic (exact) mass is 457 g/mol. The molecule has 9 nitrogen and oxygen atoms in total. The van der Waals surface area contributed by atoms with Crippen molar-refractivity contribution in [3.8, 4) is 11.5 Å². The Hall–Kier alpha value is -3.63. The Balaban J connectivity index is 1.89. The largest absolute Gasteiger partial charge is 0.497 e. The first-order valence-electron chi connectivity index (χ1n) is 9.55. The number of benzene rings is 2. The van der Waals surface area contributed by atoms with Crippen LogP contribution in [0.4, 0.5) is 0 Å². The minimum Gasteiger partial charge on any atom is -0.497 e. The van der Waals surface area contributed by atoms with Gasteiger partial charge in [0.05, 0.1) is 33.2 Å². The molecule has 0 aliphatic rings. The highest BCUT2D eigenvalue weighted by Gasteiger charge is 2.30. The minimum atomic E-state index is -4.14. The number of carbonyl (C=O) groups excluding carboxylic acids is 1. The number of sulfonamides is 1. The summed E-state index contributed by atoms with van der Waals surface area (Å²) in [5.41, 5.74) is 3.03. The van der Waals surface area contributed by atoms with E-state index >= 15 is 0 Å². The molecule has 168 valence electrons. The molecule has 0 aliphatic carbocycles. The number of nitrogens with one attached hydrogen (secondary N) is 1. The van der Waals surface area contributed by atoms with Crippen LogP contribution in [0.25, 0.3) is 0 Å². The maximum absolute atomic E-state index is 13.5. The molecule has 1 aromatic heterocycles. The first kappa shape index (κ1) is 23.0. The number of hydrogen-bond donors (Lipinski definition) is 1. The molecule has 2 aromatic carbocycles. The number of amides is 1. The van der Waals surface area contributed by atoms with Crippen LogP contribution >= 0.6 is 0 Å². The second kappa shape index (κ2) is 10.6. The molecule has 1 heterocycles. The molecule has 0 aliphatic heterocycles. The van der Waals surface area contributed by atoms with Gasteiger partial charge >= 0.3 is 0 Å². The smallest absolute Gasteiger partial charge is 0.255 e. The Morgan fingerprint density at radius 3 is 2.53 bits per heavy atom. The Labute approximate surface area is 186 Å². The summed E-state index contributed by atoms with van der Waals surface area (Å²) < 4.78 is 43.6. The van der Waals surface area contributed by atoms with Gasteiger partial charge in [-0.1, -0.05) is 30.3 Å². The fraction of sp³-hybridized carbons (Fsp3) is 0.182. The van der Waals surface area contributed by atoms with Gasteiger partial charge in [0.15, 0.2) is 0 Å². The van der Waals surface area contributed by atoms with Crippen molar-refractivity contribution < 1.29 is 27.1 Å². The average molecular weight is 458 g/mol. The maximum Gasteiger partial charge on any atom is 0.255 e. The van der Waals surface area contributed by atoms with E-state index in [1.165, 1.54) is 38.8 Å². The standard InChI is InChI=1S/C22H23N3O6S/c1-29-18-10-11-20(30-2)21(13-18)32(27,28)25(15-17-7-4-3-5-8-17)16-22(26)24-23-14-19-9-6-12-31-19/h3-14H,15-16H2,1-2H3,(H,24,26). The Bertz CT molecular complexity index is 1160. The number of rotatable bonds is 10. The van der Waals surface area contributed by atoms with Gasteiger partial charge in [-0.3, -0.25) is 4.79 Å². The number of ether oxygens (including phenoxy) is 2. The topological polar surface area (TPSA) is 110 Å². The average Bonchev–Trinajstić information content (AvgIpc) is 3.32. The van der Waals surface area contributed by atoms with Crippen molar-refractivity contribution in [2.45, 2.75) is 11.4 Å². The summed E-state index contributed by atoms with van der Waals surface area (Å²) in [6.07, 6.45) is 2.79. The second-order valence-electron chi connectivity index (χ2n) is 6.58. The summed E-state index contributed by atoms with van der Waals surface area (Å²) in [7, 11) is -1.33. The first-order valence-corrected chi connectivity index (χ1v) is 11.0. The number of methoxy groups -OCH3 is 2. The van der Waals surface area contributed by atoms with Crippen molar-refractivity contribution in [3.05, 3.63) is 78.3 Å². The third-order valence-electron chi connectivity index (χ3n) is 4.43. The molecule has 3 rings (SSSR count). The molecule has 0 saturated heterocycles. The van der Waals surface area contributed by atoms with Crippen molar-refractivity contribution in [3.63, 3.8) is 0 Å². The summed E-state index contributed by atoms with van der Waals surface area (Å²) in [5, 5.41) is 3.81. The number of nitrogens with zero attached hydrogens (tertiary/aromatic N) is 2. The highest BCUT2D eigenvalue weighted by Crippen LogP contribution is 2.31. The molecule has 0 atom stereocenters.